The number of para-hydroxylation sites is 1. The molecule has 154 valence electrons. The summed E-state index contributed by atoms with van der Waals surface area (Å²) in [6.07, 6.45) is -2.42. The number of rotatable bonds is 6. The maximum Gasteiger partial charge on any atom is 0.586 e. The number of imidazole rings is 1. The molecule has 1 unspecified atom stereocenters. The first-order chi connectivity index (χ1) is 13.9. The van der Waals surface area contributed by atoms with E-state index >= 15 is 0 Å². The van der Waals surface area contributed by atoms with Gasteiger partial charge in [0, 0.05) is 0 Å². The zero-order valence-electron chi connectivity index (χ0n) is 14.7. The number of ether oxygens (including phenoxy) is 1. The van der Waals surface area contributed by atoms with Crippen LogP contribution in [0.2, 0.25) is 0 Å². The van der Waals surface area contributed by atoms with Gasteiger partial charge in [-0.1, -0.05) is 18.2 Å². The fraction of sp³-hybridized carbons (Fsp3) is 0.312. The fourth-order valence-electron chi connectivity index (χ4n) is 2.94. The quantitative estimate of drug-likeness (QED) is 0.393. The topological polar surface area (TPSA) is 169 Å². The summed E-state index contributed by atoms with van der Waals surface area (Å²) in [5, 5.41) is 29.4. The van der Waals surface area contributed by atoms with Crippen molar-refractivity contribution in [2.75, 3.05) is 6.61 Å². The smallest absolute Gasteiger partial charge is 0.395 e. The summed E-state index contributed by atoms with van der Waals surface area (Å²) in [4.78, 5) is 21.9. The Morgan fingerprint density at radius 2 is 1.86 bits per heavy atom. The van der Waals surface area contributed by atoms with Gasteiger partial charge < -0.3 is 29.1 Å². The van der Waals surface area contributed by atoms with E-state index < -0.39 is 39.0 Å². The Bertz CT molecular complexity index is 1050. The average Bonchev–Trinajstić information content (AvgIpc) is 3.24. The first kappa shape index (κ1) is 19.7. The third-order valence-electron chi connectivity index (χ3n) is 4.28. The molecule has 3 heterocycles. The highest BCUT2D eigenvalue weighted by atomic mass is 31.2. The molecule has 1 aliphatic heterocycles. The number of fused-ring (bicyclic) bond motifs is 1. The molecular weight excluding hydrogens is 407 g/mol. The van der Waals surface area contributed by atoms with Gasteiger partial charge in [0.15, 0.2) is 17.4 Å². The minimum atomic E-state index is -4.59. The zero-order chi connectivity index (χ0) is 20.6. The van der Waals surface area contributed by atoms with Crippen molar-refractivity contribution in [1.82, 2.24) is 19.5 Å². The predicted octanol–water partition coefficient (Wildman–Crippen LogP) is -0.00400. The minimum Gasteiger partial charge on any atom is -0.395 e. The van der Waals surface area contributed by atoms with E-state index in [0.29, 0.717) is 0 Å². The molecule has 0 radical (unpaired) electrons. The second kappa shape index (κ2) is 7.67. The lowest BCUT2D eigenvalue weighted by Crippen LogP contribution is -2.33. The van der Waals surface area contributed by atoms with Gasteiger partial charge in [-0.3, -0.25) is 9.46 Å². The first-order valence-electron chi connectivity index (χ1n) is 8.46. The Morgan fingerprint density at radius 1 is 1.10 bits per heavy atom. The summed E-state index contributed by atoms with van der Waals surface area (Å²) in [7, 11) is -4.59. The predicted molar refractivity (Wildman–Crippen MR) is 95.9 cm³/mol. The van der Waals surface area contributed by atoms with Crippen molar-refractivity contribution in [1.29, 1.82) is 0 Å². The summed E-state index contributed by atoms with van der Waals surface area (Å²) in [5.74, 6) is -0.192. The molecule has 0 saturated carbocycles. The van der Waals surface area contributed by atoms with Crippen molar-refractivity contribution >= 4 is 19.0 Å². The van der Waals surface area contributed by atoms with Crippen molar-refractivity contribution in [2.24, 2.45) is 0 Å². The van der Waals surface area contributed by atoms with E-state index in [0.717, 1.165) is 6.33 Å². The highest BCUT2D eigenvalue weighted by Crippen LogP contribution is 2.45. The molecule has 3 aromatic rings. The van der Waals surface area contributed by atoms with E-state index in [1.165, 1.54) is 23.0 Å². The summed E-state index contributed by atoms with van der Waals surface area (Å²) in [5.41, 5.74) is 0.126. The Labute approximate surface area is 163 Å². The van der Waals surface area contributed by atoms with E-state index in [-0.39, 0.29) is 22.8 Å². The van der Waals surface area contributed by atoms with Crippen LogP contribution in [0, 0.1) is 0 Å². The molecule has 0 aliphatic carbocycles. The van der Waals surface area contributed by atoms with Crippen LogP contribution in [0.3, 0.4) is 0 Å². The largest absolute Gasteiger partial charge is 0.586 e. The maximum atomic E-state index is 12.3. The number of hydrogen-bond acceptors (Lipinski definition) is 10. The Hall–Kier alpha value is -2.60. The lowest BCUT2D eigenvalue weighted by Gasteiger charge is -2.16. The summed E-state index contributed by atoms with van der Waals surface area (Å²) >= 11 is 0. The number of phosphoric ester groups is 1. The Kier molecular flexibility index (Phi) is 5.21. The summed E-state index contributed by atoms with van der Waals surface area (Å²) in [6.45, 7) is -0.491. The minimum absolute atomic E-state index is 0.0103. The monoisotopic (exact) mass is 424 g/mol. The lowest BCUT2D eigenvalue weighted by atomic mass is 10.1. The summed E-state index contributed by atoms with van der Waals surface area (Å²) < 4.78 is 29.1. The van der Waals surface area contributed by atoms with Gasteiger partial charge in [-0.25, -0.2) is 14.5 Å². The molecule has 29 heavy (non-hydrogen) atoms. The number of aromatic nitrogens is 4. The molecule has 4 N–H and O–H groups in total. The highest BCUT2D eigenvalue weighted by Gasteiger charge is 2.44. The zero-order valence-corrected chi connectivity index (χ0v) is 15.6. The summed E-state index contributed by atoms with van der Waals surface area (Å²) in [6, 6.07) is 7.94. The molecule has 12 nitrogen and oxygen atoms in total. The molecule has 1 aliphatic rings. The lowest BCUT2D eigenvalue weighted by molar-refractivity contribution is -0.0511. The van der Waals surface area contributed by atoms with Gasteiger partial charge >= 0.3 is 7.82 Å². The number of benzene rings is 1. The van der Waals surface area contributed by atoms with Gasteiger partial charge in [-0.05, 0) is 12.1 Å². The molecule has 2 aromatic heterocycles. The average molecular weight is 424 g/mol. The van der Waals surface area contributed by atoms with E-state index in [9.17, 15) is 24.8 Å². The molecule has 0 spiro atoms. The molecule has 1 saturated heterocycles. The van der Waals surface area contributed by atoms with Crippen LogP contribution >= 0.6 is 7.82 Å². The van der Waals surface area contributed by atoms with Crippen LogP contribution in [-0.4, -0.2) is 64.7 Å². The van der Waals surface area contributed by atoms with Gasteiger partial charge in [0.25, 0.3) is 5.88 Å². The third kappa shape index (κ3) is 3.81. The Balaban J connectivity index is 1.62. The van der Waals surface area contributed by atoms with Crippen LogP contribution in [0.4, 0.5) is 0 Å². The van der Waals surface area contributed by atoms with Crippen molar-refractivity contribution in [2.45, 2.75) is 24.5 Å². The molecule has 1 fully saturated rings. The Morgan fingerprint density at radius 3 is 2.55 bits per heavy atom. The molecule has 5 atom stereocenters. The number of phosphoric acid groups is 1. The molecule has 4 rings (SSSR count). The number of aliphatic hydroxyl groups is 3. The molecular formula is C16H17N4O8P. The third-order valence-corrected chi connectivity index (χ3v) is 5.13. The SMILES string of the molecule is O=P(O)(Oc1ccccc1)Oc1ncnc2c1ncn2[C@@H]1O[C@H](CO)[C@@H](O)[C@H]1O. The fourth-order valence-corrected chi connectivity index (χ4v) is 3.71. The van der Waals surface area contributed by atoms with Crippen LogP contribution in [0.25, 0.3) is 11.2 Å². The van der Waals surface area contributed by atoms with Gasteiger partial charge in [-0.2, -0.15) is 4.98 Å². The van der Waals surface area contributed by atoms with Crippen LogP contribution in [0.5, 0.6) is 11.6 Å². The first-order valence-corrected chi connectivity index (χ1v) is 9.96. The van der Waals surface area contributed by atoms with E-state index in [1.807, 2.05) is 0 Å². The molecule has 13 heteroatoms. The molecule has 1 aromatic carbocycles. The van der Waals surface area contributed by atoms with E-state index in [1.54, 1.807) is 18.2 Å². The maximum absolute atomic E-state index is 12.3. The van der Waals surface area contributed by atoms with E-state index in [2.05, 4.69) is 15.0 Å². The van der Waals surface area contributed by atoms with Gasteiger partial charge in [0.1, 0.15) is 30.4 Å². The van der Waals surface area contributed by atoms with Gasteiger partial charge in [0.2, 0.25) is 0 Å². The van der Waals surface area contributed by atoms with Crippen molar-refractivity contribution in [3.8, 4) is 11.6 Å². The highest BCUT2D eigenvalue weighted by molar-refractivity contribution is 7.48. The number of aliphatic hydroxyl groups excluding tert-OH is 3. The van der Waals surface area contributed by atoms with Gasteiger partial charge in [-0.15, -0.1) is 0 Å². The van der Waals surface area contributed by atoms with Crippen LogP contribution < -0.4 is 9.05 Å². The van der Waals surface area contributed by atoms with Gasteiger partial charge in [0.05, 0.1) is 12.9 Å². The standard InChI is InChI=1S/C16H17N4O8P/c21-6-10-12(22)13(23)16(26-10)20-8-19-11-14(20)17-7-18-15(11)28-29(24,25)27-9-4-2-1-3-5-9/h1-5,7-8,10,12-13,16,21-23H,6H2,(H,24,25)/t10-,12-,13-,16-/m1/s1. The van der Waals surface area contributed by atoms with Crippen LogP contribution in [0.15, 0.2) is 43.0 Å². The van der Waals surface area contributed by atoms with Crippen LogP contribution in [-0.2, 0) is 9.30 Å². The van der Waals surface area contributed by atoms with E-state index in [4.69, 9.17) is 13.8 Å². The number of nitrogens with zero attached hydrogens (tertiary/aromatic N) is 4. The molecule has 0 amide bonds. The van der Waals surface area contributed by atoms with Crippen LogP contribution in [0.1, 0.15) is 6.23 Å². The van der Waals surface area contributed by atoms with Crippen molar-refractivity contribution < 1.29 is 38.6 Å². The van der Waals surface area contributed by atoms with Crippen molar-refractivity contribution in [3.63, 3.8) is 0 Å². The second-order valence-electron chi connectivity index (χ2n) is 6.20. The second-order valence-corrected chi connectivity index (χ2v) is 7.50. The van der Waals surface area contributed by atoms with Crippen molar-refractivity contribution in [3.05, 3.63) is 43.0 Å². The molecule has 0 bridgehead atoms. The normalized spacial score (nSPS) is 26.3. The number of hydrogen-bond donors (Lipinski definition) is 4.